The summed E-state index contributed by atoms with van der Waals surface area (Å²) in [5.41, 5.74) is 3.25. The van der Waals surface area contributed by atoms with Crippen molar-refractivity contribution in [3.8, 4) is 5.75 Å². The van der Waals surface area contributed by atoms with Crippen LogP contribution in [0.1, 0.15) is 11.1 Å². The molecule has 0 saturated carbocycles. The summed E-state index contributed by atoms with van der Waals surface area (Å²) < 4.78 is 33.0. The van der Waals surface area contributed by atoms with E-state index in [2.05, 4.69) is 40.2 Å². The van der Waals surface area contributed by atoms with E-state index in [9.17, 15) is 8.42 Å². The lowest BCUT2D eigenvalue weighted by Crippen LogP contribution is -2.14. The summed E-state index contributed by atoms with van der Waals surface area (Å²) in [5.74, 6) is 0.532. The second-order valence-electron chi connectivity index (χ2n) is 7.58. The first-order chi connectivity index (χ1) is 15.5. The van der Waals surface area contributed by atoms with Crippen LogP contribution >= 0.6 is 15.9 Å². The molecule has 0 saturated heterocycles. The lowest BCUT2D eigenvalue weighted by molar-refractivity contribution is 0.470. The van der Waals surface area contributed by atoms with E-state index < -0.39 is 9.84 Å². The third-order valence-electron chi connectivity index (χ3n) is 5.48. The van der Waals surface area contributed by atoms with Gasteiger partial charge in [-0.2, -0.15) is 0 Å². The van der Waals surface area contributed by atoms with E-state index in [-0.39, 0.29) is 5.75 Å². The second-order valence-corrected chi connectivity index (χ2v) is 10.4. The van der Waals surface area contributed by atoms with Crippen molar-refractivity contribution in [2.75, 3.05) is 5.75 Å². The fourth-order valence-corrected chi connectivity index (χ4v) is 5.97. The largest absolute Gasteiger partial charge is 0.464 e. The Morgan fingerprint density at radius 1 is 0.781 bits per heavy atom. The van der Waals surface area contributed by atoms with Gasteiger partial charge in [0.05, 0.1) is 16.9 Å². The molecule has 0 unspecified atom stereocenters. The predicted molar refractivity (Wildman–Crippen MR) is 133 cm³/mol. The summed E-state index contributed by atoms with van der Waals surface area (Å²) in [6.45, 7) is 0. The fourth-order valence-electron chi connectivity index (χ4n) is 3.89. The van der Waals surface area contributed by atoms with E-state index >= 15 is 0 Å². The quantitative estimate of drug-likeness (QED) is 0.306. The molecular weight excluding hydrogens is 484 g/mol. The van der Waals surface area contributed by atoms with Gasteiger partial charge in [0.1, 0.15) is 5.75 Å². The fraction of sp³-hybridized carbons (Fsp3) is 0.0370. The van der Waals surface area contributed by atoms with Crippen molar-refractivity contribution >= 4 is 46.6 Å². The van der Waals surface area contributed by atoms with Crippen molar-refractivity contribution in [3.05, 3.63) is 120 Å². The number of ether oxygens (including phenoxy) is 1. The highest BCUT2D eigenvalue weighted by Crippen LogP contribution is 2.43. The van der Waals surface area contributed by atoms with Gasteiger partial charge >= 0.3 is 0 Å². The molecule has 4 aromatic rings. The molecular formula is C27H19BrO3S. The van der Waals surface area contributed by atoms with Gasteiger partial charge in [-0.15, -0.1) is 0 Å². The van der Waals surface area contributed by atoms with Crippen molar-refractivity contribution < 1.29 is 13.2 Å². The molecule has 0 radical (unpaired) electrons. The van der Waals surface area contributed by atoms with Gasteiger partial charge in [-0.1, -0.05) is 72.8 Å². The van der Waals surface area contributed by atoms with Crippen LogP contribution in [0.25, 0.3) is 20.8 Å². The Morgan fingerprint density at radius 2 is 1.47 bits per heavy atom. The van der Waals surface area contributed by atoms with E-state index in [0.717, 1.165) is 32.0 Å². The number of allylic oxidation sites excluding steroid dienone is 1. The average Bonchev–Trinajstić information content (AvgIpc) is 2.83. The molecule has 0 amide bonds. The number of hydrogen-bond donors (Lipinski definition) is 0. The maximum absolute atomic E-state index is 13.2. The molecule has 3 nitrogen and oxygen atoms in total. The molecule has 1 heterocycles. The molecule has 0 N–H and O–H groups in total. The van der Waals surface area contributed by atoms with Crippen LogP contribution < -0.4 is 4.74 Å². The Labute approximate surface area is 195 Å². The average molecular weight is 503 g/mol. The SMILES string of the molecule is O=S(=O)(CC1=COc2ccccc2/C1=C(\Br)c1ccc2ccccc2c1)c1ccccc1. The lowest BCUT2D eigenvalue weighted by Gasteiger charge is -2.23. The molecule has 1 aliphatic heterocycles. The number of halogens is 1. The Kier molecular flexibility index (Phi) is 5.45. The highest BCUT2D eigenvalue weighted by molar-refractivity contribution is 9.15. The standard InChI is InChI=1S/C27H19BrO3S/c28-27(21-15-14-19-8-4-5-9-20(19)16-21)26-22(17-31-25-13-7-6-12-24(25)26)18-32(29,30)23-10-2-1-3-11-23/h1-17H,18H2/b27-26-. The van der Waals surface area contributed by atoms with Gasteiger partial charge < -0.3 is 4.74 Å². The topological polar surface area (TPSA) is 43.4 Å². The molecule has 0 spiro atoms. The summed E-state index contributed by atoms with van der Waals surface area (Å²) >= 11 is 3.80. The second kappa shape index (κ2) is 8.41. The van der Waals surface area contributed by atoms with Crippen LogP contribution in [0.5, 0.6) is 5.75 Å². The van der Waals surface area contributed by atoms with Gasteiger partial charge in [-0.25, -0.2) is 8.42 Å². The molecule has 5 heteroatoms. The number of para-hydroxylation sites is 1. The van der Waals surface area contributed by atoms with Crippen LogP contribution in [0, 0.1) is 0 Å². The minimum Gasteiger partial charge on any atom is -0.464 e. The van der Waals surface area contributed by atoms with Crippen molar-refractivity contribution in [1.29, 1.82) is 0 Å². The first-order valence-corrected chi connectivity index (χ1v) is 12.6. The zero-order valence-electron chi connectivity index (χ0n) is 17.0. The molecule has 1 aliphatic rings. The van der Waals surface area contributed by atoms with Crippen LogP contribution in [0.15, 0.2) is 114 Å². The smallest absolute Gasteiger partial charge is 0.182 e. The lowest BCUT2D eigenvalue weighted by atomic mass is 9.94. The van der Waals surface area contributed by atoms with Crippen LogP contribution in [0.2, 0.25) is 0 Å². The Balaban J connectivity index is 1.66. The molecule has 0 aliphatic carbocycles. The van der Waals surface area contributed by atoms with E-state index in [1.807, 2.05) is 42.5 Å². The predicted octanol–water partition coefficient (Wildman–Crippen LogP) is 6.85. The third-order valence-corrected chi connectivity index (χ3v) is 8.01. The molecule has 32 heavy (non-hydrogen) atoms. The van der Waals surface area contributed by atoms with E-state index in [1.54, 1.807) is 36.6 Å². The van der Waals surface area contributed by atoms with Crippen molar-refractivity contribution in [2.24, 2.45) is 0 Å². The minimum absolute atomic E-state index is 0.163. The van der Waals surface area contributed by atoms with E-state index in [4.69, 9.17) is 4.74 Å². The van der Waals surface area contributed by atoms with Gasteiger partial charge in [-0.05, 0) is 56.5 Å². The summed E-state index contributed by atoms with van der Waals surface area (Å²) in [4.78, 5) is 0.293. The zero-order valence-corrected chi connectivity index (χ0v) is 19.4. The van der Waals surface area contributed by atoms with Crippen LogP contribution in [-0.2, 0) is 9.84 Å². The first kappa shape index (κ1) is 20.7. The highest BCUT2D eigenvalue weighted by atomic mass is 79.9. The third kappa shape index (κ3) is 3.90. The number of hydrogen-bond acceptors (Lipinski definition) is 3. The van der Waals surface area contributed by atoms with Crippen LogP contribution in [0.4, 0.5) is 0 Å². The Hall–Kier alpha value is -3.15. The summed E-state index contributed by atoms with van der Waals surface area (Å²) in [5, 5.41) is 2.27. The Morgan fingerprint density at radius 3 is 2.28 bits per heavy atom. The number of fused-ring (bicyclic) bond motifs is 2. The number of benzene rings is 4. The van der Waals surface area contributed by atoms with Crippen molar-refractivity contribution in [3.63, 3.8) is 0 Å². The molecule has 0 aromatic heterocycles. The molecule has 5 rings (SSSR count). The van der Waals surface area contributed by atoms with Gasteiger partial charge in [0.15, 0.2) is 9.84 Å². The minimum atomic E-state index is -3.55. The maximum atomic E-state index is 13.2. The maximum Gasteiger partial charge on any atom is 0.182 e. The van der Waals surface area contributed by atoms with Crippen molar-refractivity contribution in [2.45, 2.75) is 4.90 Å². The van der Waals surface area contributed by atoms with Gasteiger partial charge in [0, 0.05) is 21.2 Å². The molecule has 4 aromatic carbocycles. The molecule has 0 bridgehead atoms. The normalized spacial score (nSPS) is 15.0. The van der Waals surface area contributed by atoms with Crippen LogP contribution in [-0.4, -0.2) is 14.2 Å². The summed E-state index contributed by atoms with van der Waals surface area (Å²) in [6, 6.07) is 30.6. The molecule has 158 valence electrons. The van der Waals surface area contributed by atoms with Gasteiger partial charge in [0.2, 0.25) is 0 Å². The highest BCUT2D eigenvalue weighted by Gasteiger charge is 2.27. The van der Waals surface area contributed by atoms with E-state index in [0.29, 0.717) is 16.2 Å². The number of sulfone groups is 1. The van der Waals surface area contributed by atoms with Gasteiger partial charge in [0.25, 0.3) is 0 Å². The van der Waals surface area contributed by atoms with E-state index in [1.165, 1.54) is 0 Å². The monoisotopic (exact) mass is 502 g/mol. The summed E-state index contributed by atoms with van der Waals surface area (Å²) in [7, 11) is -3.55. The molecule has 0 fully saturated rings. The Bertz CT molecular complexity index is 1490. The number of rotatable bonds is 4. The molecule has 0 atom stereocenters. The first-order valence-electron chi connectivity index (χ1n) is 10.2. The van der Waals surface area contributed by atoms with Gasteiger partial charge in [-0.3, -0.25) is 0 Å². The zero-order chi connectivity index (χ0) is 22.1. The van der Waals surface area contributed by atoms with Crippen molar-refractivity contribution in [1.82, 2.24) is 0 Å². The summed E-state index contributed by atoms with van der Waals surface area (Å²) in [6.07, 6.45) is 1.56. The van der Waals surface area contributed by atoms with Crippen LogP contribution in [0.3, 0.4) is 0 Å².